The minimum absolute atomic E-state index is 0.0313. The topological polar surface area (TPSA) is 56.0 Å². The number of hydrogen-bond acceptors (Lipinski definition) is 5. The van der Waals surface area contributed by atoms with Crippen LogP contribution in [0.15, 0.2) is 35.0 Å². The molecule has 0 radical (unpaired) electrons. The number of carbonyl (C=O) groups is 1. The van der Waals surface area contributed by atoms with Gasteiger partial charge in [-0.3, -0.25) is 4.79 Å². The van der Waals surface area contributed by atoms with E-state index in [1.54, 1.807) is 16.7 Å². The summed E-state index contributed by atoms with van der Waals surface area (Å²) in [6.07, 6.45) is 0. The standard InChI is InChI=1S/C14H12N2OS2/c1-8(15)14-16-11(7-19-14)12(17)10-4-2-3-9-5-6-18-13(9)10/h2-8H,15H2,1H3. The Morgan fingerprint density at radius 1 is 1.32 bits per heavy atom. The third kappa shape index (κ3) is 2.20. The Bertz CT molecular complexity index is 743. The highest BCUT2D eigenvalue weighted by Crippen LogP contribution is 2.27. The lowest BCUT2D eigenvalue weighted by molar-refractivity contribution is 0.103. The largest absolute Gasteiger partial charge is 0.322 e. The SMILES string of the molecule is CC(N)c1nc(C(=O)c2cccc3ccsc23)cs1. The summed E-state index contributed by atoms with van der Waals surface area (Å²) in [6.45, 7) is 1.87. The normalized spacial score (nSPS) is 12.7. The van der Waals surface area contributed by atoms with Crippen molar-refractivity contribution in [2.45, 2.75) is 13.0 Å². The van der Waals surface area contributed by atoms with E-state index in [-0.39, 0.29) is 11.8 Å². The first-order valence-electron chi connectivity index (χ1n) is 5.89. The van der Waals surface area contributed by atoms with E-state index < -0.39 is 0 Å². The molecule has 1 unspecified atom stereocenters. The van der Waals surface area contributed by atoms with E-state index in [1.165, 1.54) is 11.3 Å². The van der Waals surface area contributed by atoms with Gasteiger partial charge in [0, 0.05) is 15.6 Å². The van der Waals surface area contributed by atoms with Gasteiger partial charge in [-0.1, -0.05) is 12.1 Å². The fourth-order valence-electron chi connectivity index (χ4n) is 1.91. The molecular weight excluding hydrogens is 276 g/mol. The predicted molar refractivity (Wildman–Crippen MR) is 80.0 cm³/mol. The molecule has 0 bridgehead atoms. The Balaban J connectivity index is 2.05. The van der Waals surface area contributed by atoms with Crippen LogP contribution in [0, 0.1) is 0 Å². The van der Waals surface area contributed by atoms with Crippen LogP contribution in [0.25, 0.3) is 10.1 Å². The fraction of sp³-hybridized carbons (Fsp3) is 0.143. The van der Waals surface area contributed by atoms with Crippen molar-refractivity contribution >= 4 is 38.5 Å². The number of aromatic nitrogens is 1. The quantitative estimate of drug-likeness (QED) is 0.749. The van der Waals surface area contributed by atoms with Gasteiger partial charge >= 0.3 is 0 Å². The zero-order chi connectivity index (χ0) is 13.4. The van der Waals surface area contributed by atoms with Crippen molar-refractivity contribution in [1.29, 1.82) is 0 Å². The van der Waals surface area contributed by atoms with Gasteiger partial charge in [-0.2, -0.15) is 0 Å². The van der Waals surface area contributed by atoms with Crippen LogP contribution < -0.4 is 5.73 Å². The summed E-state index contributed by atoms with van der Waals surface area (Å²) in [5, 5.41) is 5.67. The Morgan fingerprint density at radius 3 is 2.89 bits per heavy atom. The van der Waals surface area contributed by atoms with Crippen LogP contribution in [0.2, 0.25) is 0 Å². The number of nitrogens with two attached hydrogens (primary N) is 1. The first-order valence-corrected chi connectivity index (χ1v) is 7.64. The summed E-state index contributed by atoms with van der Waals surface area (Å²) in [5.74, 6) is -0.0313. The molecule has 0 saturated carbocycles. The molecule has 0 fully saturated rings. The van der Waals surface area contributed by atoms with Crippen LogP contribution in [-0.4, -0.2) is 10.8 Å². The first-order chi connectivity index (χ1) is 9.16. The monoisotopic (exact) mass is 288 g/mol. The minimum Gasteiger partial charge on any atom is -0.322 e. The number of thiazole rings is 1. The average molecular weight is 288 g/mol. The Kier molecular flexibility index (Phi) is 3.18. The molecule has 0 saturated heterocycles. The first kappa shape index (κ1) is 12.5. The summed E-state index contributed by atoms with van der Waals surface area (Å²) < 4.78 is 1.02. The van der Waals surface area contributed by atoms with Crippen LogP contribution in [-0.2, 0) is 0 Å². The van der Waals surface area contributed by atoms with Crippen molar-refractivity contribution in [1.82, 2.24) is 4.98 Å². The number of carbonyl (C=O) groups excluding carboxylic acids is 1. The summed E-state index contributed by atoms with van der Waals surface area (Å²) in [4.78, 5) is 16.8. The third-order valence-electron chi connectivity index (χ3n) is 2.87. The third-order valence-corrected chi connectivity index (χ3v) is 4.88. The number of rotatable bonds is 3. The molecule has 0 spiro atoms. The van der Waals surface area contributed by atoms with E-state index in [0.717, 1.165) is 15.1 Å². The molecule has 0 aliphatic carbocycles. The zero-order valence-electron chi connectivity index (χ0n) is 10.3. The van der Waals surface area contributed by atoms with Gasteiger partial charge in [0.2, 0.25) is 5.78 Å². The lowest BCUT2D eigenvalue weighted by Crippen LogP contribution is -2.06. The van der Waals surface area contributed by atoms with Gasteiger partial charge in [0.1, 0.15) is 10.7 Å². The second kappa shape index (κ2) is 4.85. The molecule has 19 heavy (non-hydrogen) atoms. The number of nitrogens with zero attached hydrogens (tertiary/aromatic N) is 1. The molecule has 3 aromatic rings. The molecule has 2 aromatic heterocycles. The van der Waals surface area contributed by atoms with Crippen molar-refractivity contribution in [3.63, 3.8) is 0 Å². The number of hydrogen-bond donors (Lipinski definition) is 1. The maximum absolute atomic E-state index is 12.5. The van der Waals surface area contributed by atoms with Crippen LogP contribution >= 0.6 is 22.7 Å². The van der Waals surface area contributed by atoms with Crippen molar-refractivity contribution in [2.24, 2.45) is 5.73 Å². The van der Waals surface area contributed by atoms with Gasteiger partial charge in [-0.15, -0.1) is 22.7 Å². The molecule has 2 N–H and O–H groups in total. The molecule has 3 nitrogen and oxygen atoms in total. The van der Waals surface area contributed by atoms with Crippen molar-refractivity contribution in [2.75, 3.05) is 0 Å². The van der Waals surface area contributed by atoms with Crippen LogP contribution in [0.1, 0.15) is 34.0 Å². The molecule has 96 valence electrons. The van der Waals surface area contributed by atoms with E-state index in [0.29, 0.717) is 11.3 Å². The summed E-state index contributed by atoms with van der Waals surface area (Å²) in [7, 11) is 0. The smallest absolute Gasteiger partial charge is 0.213 e. The lowest BCUT2D eigenvalue weighted by Gasteiger charge is -2.00. The average Bonchev–Trinajstić information content (AvgIpc) is 3.06. The highest BCUT2D eigenvalue weighted by molar-refractivity contribution is 7.17. The zero-order valence-corrected chi connectivity index (χ0v) is 11.9. The molecular formula is C14H12N2OS2. The molecule has 5 heteroatoms. The van der Waals surface area contributed by atoms with Crippen molar-refractivity contribution in [3.05, 3.63) is 51.3 Å². The van der Waals surface area contributed by atoms with Crippen LogP contribution in [0.3, 0.4) is 0 Å². The molecule has 2 heterocycles. The molecule has 1 atom stereocenters. The Morgan fingerprint density at radius 2 is 2.16 bits per heavy atom. The number of thiophene rings is 1. The van der Waals surface area contributed by atoms with E-state index in [1.807, 2.05) is 36.6 Å². The summed E-state index contributed by atoms with van der Waals surface area (Å²) >= 11 is 3.01. The Hall–Kier alpha value is -1.56. The van der Waals surface area contributed by atoms with Crippen LogP contribution in [0.4, 0.5) is 0 Å². The van der Waals surface area contributed by atoms with E-state index in [2.05, 4.69) is 4.98 Å². The highest BCUT2D eigenvalue weighted by atomic mass is 32.1. The maximum atomic E-state index is 12.5. The molecule has 3 rings (SSSR count). The molecule has 0 amide bonds. The predicted octanol–water partition coefficient (Wildman–Crippen LogP) is 3.61. The van der Waals surface area contributed by atoms with Gasteiger partial charge in [0.25, 0.3) is 0 Å². The van der Waals surface area contributed by atoms with E-state index >= 15 is 0 Å². The summed E-state index contributed by atoms with van der Waals surface area (Å²) in [5.41, 5.74) is 6.98. The van der Waals surface area contributed by atoms with E-state index in [9.17, 15) is 4.79 Å². The minimum atomic E-state index is -0.135. The fourth-order valence-corrected chi connectivity index (χ4v) is 3.58. The second-order valence-corrected chi connectivity index (χ2v) is 6.14. The van der Waals surface area contributed by atoms with E-state index in [4.69, 9.17) is 5.73 Å². The Labute approximate surface area is 118 Å². The maximum Gasteiger partial charge on any atom is 0.213 e. The van der Waals surface area contributed by atoms with Gasteiger partial charge in [0.15, 0.2) is 0 Å². The van der Waals surface area contributed by atoms with Gasteiger partial charge in [-0.05, 0) is 29.8 Å². The molecule has 0 aliphatic heterocycles. The van der Waals surface area contributed by atoms with Gasteiger partial charge in [-0.25, -0.2) is 4.98 Å². The van der Waals surface area contributed by atoms with Gasteiger partial charge < -0.3 is 5.73 Å². The van der Waals surface area contributed by atoms with Crippen molar-refractivity contribution < 1.29 is 4.79 Å². The summed E-state index contributed by atoms with van der Waals surface area (Å²) in [6, 6.07) is 7.65. The lowest BCUT2D eigenvalue weighted by atomic mass is 10.1. The number of benzene rings is 1. The van der Waals surface area contributed by atoms with Gasteiger partial charge in [0.05, 0.1) is 6.04 Å². The second-order valence-electron chi connectivity index (χ2n) is 4.33. The molecule has 1 aromatic carbocycles. The molecule has 0 aliphatic rings. The number of ketones is 1. The number of fused-ring (bicyclic) bond motifs is 1. The highest BCUT2D eigenvalue weighted by Gasteiger charge is 2.17. The van der Waals surface area contributed by atoms with Crippen molar-refractivity contribution in [3.8, 4) is 0 Å². The van der Waals surface area contributed by atoms with Crippen LogP contribution in [0.5, 0.6) is 0 Å².